The zero-order chi connectivity index (χ0) is 18.8. The molecule has 1 aromatic carbocycles. The molecule has 1 saturated carbocycles. The Bertz CT molecular complexity index is 956. The molecule has 2 unspecified atom stereocenters. The Kier molecular flexibility index (Phi) is 4.72. The molecule has 0 aliphatic heterocycles. The van der Waals surface area contributed by atoms with E-state index in [2.05, 4.69) is 25.8 Å². The number of aliphatic hydroxyl groups excluding tert-OH is 1. The van der Waals surface area contributed by atoms with Crippen molar-refractivity contribution in [1.82, 2.24) is 15.2 Å². The highest BCUT2D eigenvalue weighted by atomic mass is 19.1. The molecule has 1 fully saturated rings. The van der Waals surface area contributed by atoms with E-state index in [1.807, 2.05) is 0 Å². The zero-order valence-corrected chi connectivity index (χ0v) is 14.6. The topological polar surface area (TPSA) is 103 Å². The molecule has 0 spiro atoms. The number of aromatic nitrogens is 3. The van der Waals surface area contributed by atoms with E-state index in [9.17, 15) is 14.3 Å². The highest BCUT2D eigenvalue weighted by Crippen LogP contribution is 2.29. The lowest BCUT2D eigenvalue weighted by Gasteiger charge is -2.28. The molecule has 4 rings (SSSR count). The third-order valence-corrected chi connectivity index (χ3v) is 4.82. The molecule has 7 nitrogen and oxygen atoms in total. The number of carbonyl (C=O) groups excluding carboxylic acids is 1. The monoisotopic (exact) mass is 369 g/mol. The summed E-state index contributed by atoms with van der Waals surface area (Å²) in [5.41, 5.74) is 2.07. The molecule has 0 bridgehead atoms. The van der Waals surface area contributed by atoms with Crippen LogP contribution in [0.4, 0.5) is 15.8 Å². The average Bonchev–Trinajstić information content (AvgIpc) is 3.13. The fourth-order valence-corrected chi connectivity index (χ4v) is 3.46. The largest absolute Gasteiger partial charge is 0.393 e. The van der Waals surface area contributed by atoms with Crippen LogP contribution in [0.5, 0.6) is 0 Å². The molecule has 0 saturated heterocycles. The third-order valence-electron chi connectivity index (χ3n) is 4.82. The summed E-state index contributed by atoms with van der Waals surface area (Å²) in [5, 5.41) is 23.6. The van der Waals surface area contributed by atoms with Gasteiger partial charge in [-0.1, -0.05) is 0 Å². The molecule has 2 heterocycles. The van der Waals surface area contributed by atoms with Crippen molar-refractivity contribution >= 4 is 28.3 Å². The molecule has 1 amide bonds. The van der Waals surface area contributed by atoms with Gasteiger partial charge < -0.3 is 15.7 Å². The van der Waals surface area contributed by atoms with E-state index >= 15 is 0 Å². The van der Waals surface area contributed by atoms with Crippen molar-refractivity contribution in [3.63, 3.8) is 0 Å². The second kappa shape index (κ2) is 7.32. The van der Waals surface area contributed by atoms with E-state index in [1.54, 1.807) is 6.20 Å². The maximum atomic E-state index is 13.1. The summed E-state index contributed by atoms with van der Waals surface area (Å²) in [6.07, 6.45) is 6.04. The van der Waals surface area contributed by atoms with Crippen LogP contribution in [-0.4, -0.2) is 38.3 Å². The SMILES string of the molecule is O=C(Nc1ccc(F)cc1)c1cnc2[nH]ncc2c1NC1CCCC(O)C1. The Labute approximate surface area is 155 Å². The summed E-state index contributed by atoms with van der Waals surface area (Å²) in [4.78, 5) is 17.1. The summed E-state index contributed by atoms with van der Waals surface area (Å²) in [6.45, 7) is 0. The molecule has 4 N–H and O–H groups in total. The lowest BCUT2D eigenvalue weighted by Crippen LogP contribution is -2.31. The number of hydrogen-bond acceptors (Lipinski definition) is 5. The van der Waals surface area contributed by atoms with Crippen LogP contribution < -0.4 is 10.6 Å². The normalized spacial score (nSPS) is 19.8. The summed E-state index contributed by atoms with van der Waals surface area (Å²) in [7, 11) is 0. The van der Waals surface area contributed by atoms with Gasteiger partial charge in [0.15, 0.2) is 5.65 Å². The minimum Gasteiger partial charge on any atom is -0.393 e. The smallest absolute Gasteiger partial charge is 0.259 e. The van der Waals surface area contributed by atoms with Gasteiger partial charge in [0.2, 0.25) is 0 Å². The Morgan fingerprint density at radius 2 is 2.04 bits per heavy atom. The quantitative estimate of drug-likeness (QED) is 0.566. The molecule has 2 atom stereocenters. The van der Waals surface area contributed by atoms with Gasteiger partial charge in [-0.25, -0.2) is 9.37 Å². The minimum atomic E-state index is -0.368. The number of halogens is 1. The van der Waals surface area contributed by atoms with Gasteiger partial charge in [-0.2, -0.15) is 5.10 Å². The van der Waals surface area contributed by atoms with Gasteiger partial charge in [-0.15, -0.1) is 0 Å². The van der Waals surface area contributed by atoms with Crippen LogP contribution in [0, 0.1) is 5.82 Å². The number of amides is 1. The van der Waals surface area contributed by atoms with Gasteiger partial charge in [-0.05, 0) is 49.9 Å². The number of rotatable bonds is 4. The van der Waals surface area contributed by atoms with Crippen LogP contribution in [-0.2, 0) is 0 Å². The van der Waals surface area contributed by atoms with Gasteiger partial charge in [0, 0.05) is 17.9 Å². The fraction of sp³-hybridized carbons (Fsp3) is 0.316. The maximum Gasteiger partial charge on any atom is 0.259 e. The number of anilines is 2. The zero-order valence-electron chi connectivity index (χ0n) is 14.6. The number of benzene rings is 1. The molecule has 27 heavy (non-hydrogen) atoms. The van der Waals surface area contributed by atoms with E-state index in [-0.39, 0.29) is 23.9 Å². The van der Waals surface area contributed by atoms with Crippen molar-refractivity contribution in [3.8, 4) is 0 Å². The molecule has 1 aliphatic carbocycles. The molecular weight excluding hydrogens is 349 g/mol. The second-order valence-corrected chi connectivity index (χ2v) is 6.80. The lowest BCUT2D eigenvalue weighted by atomic mass is 9.92. The molecule has 2 aromatic heterocycles. The fourth-order valence-electron chi connectivity index (χ4n) is 3.46. The number of nitrogens with zero attached hydrogens (tertiary/aromatic N) is 2. The van der Waals surface area contributed by atoms with Gasteiger partial charge in [0.05, 0.1) is 28.9 Å². The second-order valence-electron chi connectivity index (χ2n) is 6.80. The van der Waals surface area contributed by atoms with Crippen molar-refractivity contribution in [2.75, 3.05) is 10.6 Å². The number of carbonyl (C=O) groups is 1. The first-order chi connectivity index (χ1) is 13.1. The average molecular weight is 369 g/mol. The van der Waals surface area contributed by atoms with E-state index in [0.717, 1.165) is 19.3 Å². The molecule has 3 aromatic rings. The Hall–Kier alpha value is -3.00. The summed E-state index contributed by atoms with van der Waals surface area (Å²) in [6, 6.07) is 5.64. The first-order valence-corrected chi connectivity index (χ1v) is 8.94. The van der Waals surface area contributed by atoms with Gasteiger partial charge in [0.1, 0.15) is 5.82 Å². The summed E-state index contributed by atoms with van der Waals surface area (Å²) >= 11 is 0. The van der Waals surface area contributed by atoms with E-state index in [0.29, 0.717) is 34.4 Å². The third kappa shape index (κ3) is 3.75. The predicted octanol–water partition coefficient (Wildman–Crippen LogP) is 3.06. The molecule has 8 heteroatoms. The van der Waals surface area contributed by atoms with Crippen LogP contribution in [0.3, 0.4) is 0 Å². The first-order valence-electron chi connectivity index (χ1n) is 8.94. The minimum absolute atomic E-state index is 0.0617. The standard InChI is InChI=1S/C19H20FN5O2/c20-11-4-6-12(7-5-11)24-19(27)16-9-21-18-15(10-22-25-18)17(16)23-13-2-1-3-14(26)8-13/h4-7,9-10,13-14,26H,1-3,8H2,(H,24,27)(H2,21,22,23,25). The molecular formula is C19H20FN5O2. The highest BCUT2D eigenvalue weighted by Gasteiger charge is 2.24. The number of hydrogen-bond donors (Lipinski definition) is 4. The van der Waals surface area contributed by atoms with E-state index in [4.69, 9.17) is 0 Å². The number of aliphatic hydroxyl groups is 1. The first kappa shape index (κ1) is 17.4. The Morgan fingerprint density at radius 3 is 2.81 bits per heavy atom. The van der Waals surface area contributed by atoms with E-state index in [1.165, 1.54) is 30.5 Å². The van der Waals surface area contributed by atoms with Crippen molar-refractivity contribution in [2.24, 2.45) is 0 Å². The molecule has 1 aliphatic rings. The number of fused-ring (bicyclic) bond motifs is 1. The van der Waals surface area contributed by atoms with Crippen molar-refractivity contribution in [3.05, 3.63) is 48.0 Å². The van der Waals surface area contributed by atoms with Gasteiger partial charge in [0.25, 0.3) is 5.91 Å². The van der Waals surface area contributed by atoms with Crippen molar-refractivity contribution in [2.45, 2.75) is 37.8 Å². The van der Waals surface area contributed by atoms with Crippen LogP contribution in [0.15, 0.2) is 36.7 Å². The van der Waals surface area contributed by atoms with Crippen LogP contribution in [0.1, 0.15) is 36.0 Å². The Balaban J connectivity index is 1.64. The van der Waals surface area contributed by atoms with Gasteiger partial charge >= 0.3 is 0 Å². The maximum absolute atomic E-state index is 13.1. The lowest BCUT2D eigenvalue weighted by molar-refractivity contribution is 0.102. The number of aromatic amines is 1. The summed E-state index contributed by atoms with van der Waals surface area (Å²) in [5.74, 6) is -0.719. The predicted molar refractivity (Wildman–Crippen MR) is 100 cm³/mol. The highest BCUT2D eigenvalue weighted by molar-refractivity contribution is 6.12. The number of nitrogens with one attached hydrogen (secondary N) is 3. The molecule has 140 valence electrons. The number of H-pyrrole nitrogens is 1. The number of pyridine rings is 1. The Morgan fingerprint density at radius 1 is 1.22 bits per heavy atom. The van der Waals surface area contributed by atoms with Crippen LogP contribution in [0.2, 0.25) is 0 Å². The van der Waals surface area contributed by atoms with Crippen LogP contribution >= 0.6 is 0 Å². The van der Waals surface area contributed by atoms with Crippen molar-refractivity contribution < 1.29 is 14.3 Å². The van der Waals surface area contributed by atoms with Gasteiger partial charge in [-0.3, -0.25) is 9.89 Å². The van der Waals surface area contributed by atoms with Crippen LogP contribution in [0.25, 0.3) is 11.0 Å². The summed E-state index contributed by atoms with van der Waals surface area (Å²) < 4.78 is 13.1. The van der Waals surface area contributed by atoms with E-state index < -0.39 is 0 Å². The molecule has 0 radical (unpaired) electrons. The van der Waals surface area contributed by atoms with Crippen molar-refractivity contribution in [1.29, 1.82) is 0 Å².